The second-order valence-corrected chi connectivity index (χ2v) is 4.84. The highest BCUT2D eigenvalue weighted by molar-refractivity contribution is 5.24. The van der Waals surface area contributed by atoms with Crippen LogP contribution in [0.15, 0.2) is 12.1 Å². The molecule has 2 unspecified atom stereocenters. The van der Waals surface area contributed by atoms with Gasteiger partial charge < -0.3 is 10.1 Å². The van der Waals surface area contributed by atoms with Crippen LogP contribution in [-0.2, 0) is 4.74 Å². The average molecular weight is 273 g/mol. The van der Waals surface area contributed by atoms with Crippen molar-refractivity contribution in [3.63, 3.8) is 0 Å². The van der Waals surface area contributed by atoms with Gasteiger partial charge in [-0.2, -0.15) is 0 Å². The molecule has 0 amide bonds. The van der Waals surface area contributed by atoms with Gasteiger partial charge in [0.2, 0.25) is 0 Å². The summed E-state index contributed by atoms with van der Waals surface area (Å²) in [5, 5.41) is 2.89. The molecule has 1 aromatic rings. The number of nitrogens with one attached hydrogen (secondary N) is 1. The minimum atomic E-state index is -0.896. The van der Waals surface area contributed by atoms with Gasteiger partial charge in [-0.25, -0.2) is 13.2 Å². The Bertz CT molecular complexity index is 410. The van der Waals surface area contributed by atoms with Crippen LogP contribution in [0.3, 0.4) is 0 Å². The van der Waals surface area contributed by atoms with Gasteiger partial charge >= 0.3 is 0 Å². The molecule has 2 nitrogen and oxygen atoms in total. The molecule has 2 atom stereocenters. The zero-order valence-electron chi connectivity index (χ0n) is 10.9. The summed E-state index contributed by atoms with van der Waals surface area (Å²) in [5.74, 6) is -2.58. The molecule has 0 aliphatic carbocycles. The van der Waals surface area contributed by atoms with E-state index in [2.05, 4.69) is 5.32 Å². The first-order valence-corrected chi connectivity index (χ1v) is 6.55. The summed E-state index contributed by atoms with van der Waals surface area (Å²) in [5.41, 5.74) is -0.0955. The Morgan fingerprint density at radius 1 is 1.32 bits per heavy atom. The van der Waals surface area contributed by atoms with E-state index in [1.807, 2.05) is 0 Å². The first-order valence-electron chi connectivity index (χ1n) is 6.55. The molecular formula is C14H18F3NO. The quantitative estimate of drug-likeness (QED) is 0.888. The predicted molar refractivity (Wildman–Crippen MR) is 66.3 cm³/mol. The van der Waals surface area contributed by atoms with Gasteiger partial charge in [0, 0.05) is 30.3 Å². The number of halogens is 3. The zero-order chi connectivity index (χ0) is 13.8. The minimum absolute atomic E-state index is 0.0955. The largest absolute Gasteiger partial charge is 0.378 e. The summed E-state index contributed by atoms with van der Waals surface area (Å²) in [6.07, 6.45) is 3.49. The second kappa shape index (κ2) is 6.39. The van der Waals surface area contributed by atoms with Gasteiger partial charge in [-0.3, -0.25) is 0 Å². The topological polar surface area (TPSA) is 21.3 Å². The van der Waals surface area contributed by atoms with E-state index in [1.165, 1.54) is 0 Å². The van der Waals surface area contributed by atoms with Gasteiger partial charge in [0.15, 0.2) is 0 Å². The van der Waals surface area contributed by atoms with E-state index >= 15 is 0 Å². The molecule has 106 valence electrons. The number of ether oxygens (including phenoxy) is 1. The van der Waals surface area contributed by atoms with E-state index in [4.69, 9.17) is 4.74 Å². The molecule has 0 saturated carbocycles. The second-order valence-electron chi connectivity index (χ2n) is 4.84. The Labute approximate surface area is 111 Å². The number of hydrogen-bond donors (Lipinski definition) is 1. The molecule has 1 fully saturated rings. The Kier molecular flexibility index (Phi) is 4.82. The Morgan fingerprint density at radius 2 is 2.00 bits per heavy atom. The minimum Gasteiger partial charge on any atom is -0.378 e. The molecule has 0 spiro atoms. The van der Waals surface area contributed by atoms with Crippen LogP contribution in [0, 0.1) is 17.5 Å². The molecule has 1 heterocycles. The van der Waals surface area contributed by atoms with E-state index in [1.54, 1.807) is 7.05 Å². The average Bonchev–Trinajstić information content (AvgIpc) is 2.85. The van der Waals surface area contributed by atoms with Crippen molar-refractivity contribution < 1.29 is 17.9 Å². The highest BCUT2D eigenvalue weighted by Crippen LogP contribution is 2.27. The van der Waals surface area contributed by atoms with Gasteiger partial charge in [0.25, 0.3) is 0 Å². The van der Waals surface area contributed by atoms with Crippen LogP contribution in [0.4, 0.5) is 13.2 Å². The molecular weight excluding hydrogens is 255 g/mol. The third kappa shape index (κ3) is 3.48. The molecule has 0 radical (unpaired) electrons. The van der Waals surface area contributed by atoms with E-state index in [0.717, 1.165) is 38.0 Å². The fraction of sp³-hybridized carbons (Fsp3) is 0.571. The fourth-order valence-electron chi connectivity index (χ4n) is 2.54. The molecule has 5 heteroatoms. The maximum absolute atomic E-state index is 13.7. The van der Waals surface area contributed by atoms with Crippen LogP contribution in [0.5, 0.6) is 0 Å². The summed E-state index contributed by atoms with van der Waals surface area (Å²) < 4.78 is 45.8. The summed E-state index contributed by atoms with van der Waals surface area (Å²) >= 11 is 0. The van der Waals surface area contributed by atoms with Crippen LogP contribution in [0.2, 0.25) is 0 Å². The van der Waals surface area contributed by atoms with Crippen LogP contribution >= 0.6 is 0 Å². The lowest BCUT2D eigenvalue weighted by Crippen LogP contribution is -2.21. The summed E-state index contributed by atoms with van der Waals surface area (Å²) in [7, 11) is 1.64. The highest BCUT2D eigenvalue weighted by Gasteiger charge is 2.23. The molecule has 19 heavy (non-hydrogen) atoms. The molecule has 0 bridgehead atoms. The summed E-state index contributed by atoms with van der Waals surface area (Å²) in [6.45, 7) is 0.758. The third-order valence-corrected chi connectivity index (χ3v) is 3.54. The van der Waals surface area contributed by atoms with E-state index < -0.39 is 23.5 Å². The van der Waals surface area contributed by atoms with E-state index in [-0.39, 0.29) is 11.7 Å². The van der Waals surface area contributed by atoms with Crippen molar-refractivity contribution in [3.05, 3.63) is 35.1 Å². The van der Waals surface area contributed by atoms with Crippen LogP contribution in [0.25, 0.3) is 0 Å². The zero-order valence-corrected chi connectivity index (χ0v) is 10.9. The monoisotopic (exact) mass is 273 g/mol. The molecule has 1 N–H and O–H groups in total. The first kappa shape index (κ1) is 14.3. The molecule has 1 aromatic carbocycles. The van der Waals surface area contributed by atoms with Gasteiger partial charge in [-0.05, 0) is 32.7 Å². The Morgan fingerprint density at radius 3 is 2.53 bits per heavy atom. The van der Waals surface area contributed by atoms with Gasteiger partial charge in [-0.15, -0.1) is 0 Å². The normalized spacial score (nSPS) is 20.7. The number of benzene rings is 1. The molecule has 1 aliphatic heterocycles. The maximum Gasteiger partial charge on any atom is 0.133 e. The van der Waals surface area contributed by atoms with Crippen LogP contribution in [0.1, 0.15) is 37.3 Å². The van der Waals surface area contributed by atoms with Crippen molar-refractivity contribution in [2.24, 2.45) is 0 Å². The van der Waals surface area contributed by atoms with Crippen molar-refractivity contribution in [2.75, 3.05) is 13.7 Å². The van der Waals surface area contributed by atoms with Crippen LogP contribution in [-0.4, -0.2) is 19.8 Å². The first-order chi connectivity index (χ1) is 9.11. The molecule has 1 aliphatic rings. The van der Waals surface area contributed by atoms with E-state index in [0.29, 0.717) is 6.42 Å². The molecule has 1 saturated heterocycles. The summed E-state index contributed by atoms with van der Waals surface area (Å²) in [4.78, 5) is 0. The number of rotatable bonds is 5. The van der Waals surface area contributed by atoms with Crippen molar-refractivity contribution in [1.82, 2.24) is 5.32 Å². The SMILES string of the molecule is CNC(CCC1CCCO1)c1c(F)cc(F)cc1F. The van der Waals surface area contributed by atoms with Crippen molar-refractivity contribution in [3.8, 4) is 0 Å². The van der Waals surface area contributed by atoms with E-state index in [9.17, 15) is 13.2 Å². The van der Waals surface area contributed by atoms with Crippen LogP contribution < -0.4 is 5.32 Å². The third-order valence-electron chi connectivity index (χ3n) is 3.54. The maximum atomic E-state index is 13.7. The van der Waals surface area contributed by atoms with Crippen molar-refractivity contribution in [1.29, 1.82) is 0 Å². The molecule has 0 aromatic heterocycles. The predicted octanol–water partition coefficient (Wildman–Crippen LogP) is 3.32. The van der Waals surface area contributed by atoms with Gasteiger partial charge in [0.1, 0.15) is 17.5 Å². The smallest absolute Gasteiger partial charge is 0.133 e. The van der Waals surface area contributed by atoms with Crippen molar-refractivity contribution >= 4 is 0 Å². The fourth-order valence-corrected chi connectivity index (χ4v) is 2.54. The van der Waals surface area contributed by atoms with Gasteiger partial charge in [-0.1, -0.05) is 0 Å². The molecule has 2 rings (SSSR count). The standard InChI is InChI=1S/C14H18F3NO/c1-18-13(5-4-10-3-2-6-19-10)14-11(16)7-9(15)8-12(14)17/h7-8,10,13,18H,2-6H2,1H3. The lowest BCUT2D eigenvalue weighted by Gasteiger charge is -2.20. The Hall–Kier alpha value is -1.07. The number of hydrogen-bond acceptors (Lipinski definition) is 2. The Balaban J connectivity index is 2.08. The lowest BCUT2D eigenvalue weighted by atomic mass is 9.98. The lowest BCUT2D eigenvalue weighted by molar-refractivity contribution is 0.0996. The summed E-state index contributed by atoms with van der Waals surface area (Å²) in [6, 6.07) is 0.966. The van der Waals surface area contributed by atoms with Gasteiger partial charge in [0.05, 0.1) is 6.10 Å². The van der Waals surface area contributed by atoms with Crippen molar-refractivity contribution in [2.45, 2.75) is 37.8 Å². The highest BCUT2D eigenvalue weighted by atomic mass is 19.1.